The molecule has 2 rings (SSSR count). The van der Waals surface area contributed by atoms with Gasteiger partial charge in [0.15, 0.2) is 0 Å². The van der Waals surface area contributed by atoms with Gasteiger partial charge in [0, 0.05) is 0 Å². The minimum absolute atomic E-state index is 0.215. The molecular formula is C25H34O. The summed E-state index contributed by atoms with van der Waals surface area (Å²) < 4.78 is 5.82. The van der Waals surface area contributed by atoms with E-state index in [0.717, 1.165) is 18.8 Å². The highest BCUT2D eigenvalue weighted by atomic mass is 16.5. The van der Waals surface area contributed by atoms with E-state index >= 15 is 0 Å². The van der Waals surface area contributed by atoms with E-state index in [4.69, 9.17) is 4.74 Å². The number of hydrogen-bond donors (Lipinski definition) is 0. The van der Waals surface area contributed by atoms with Crippen molar-refractivity contribution in [1.82, 2.24) is 0 Å². The van der Waals surface area contributed by atoms with Crippen LogP contribution in [0.1, 0.15) is 58.2 Å². The Morgan fingerprint density at radius 2 is 1.65 bits per heavy atom. The van der Waals surface area contributed by atoms with Crippen LogP contribution in [0.3, 0.4) is 0 Å². The standard InChI is InChI=1S/C25H34O/c1-19(2)18-26-24-9-7-8-21(17-24)11-10-20(3)16-22-12-14-23(15-13-22)25(4,5)6/h7-15,17,19-20H,16,18H2,1-6H3/b11-10+. The molecule has 0 heterocycles. The molecule has 0 aliphatic rings. The van der Waals surface area contributed by atoms with Gasteiger partial charge in [-0.05, 0) is 52.5 Å². The molecule has 2 aromatic carbocycles. The van der Waals surface area contributed by atoms with Crippen LogP contribution in [0.4, 0.5) is 0 Å². The third-order valence-corrected chi connectivity index (χ3v) is 4.44. The van der Waals surface area contributed by atoms with Crippen LogP contribution in [-0.4, -0.2) is 6.61 Å². The van der Waals surface area contributed by atoms with Crippen molar-refractivity contribution in [2.45, 2.75) is 53.4 Å². The minimum Gasteiger partial charge on any atom is -0.493 e. The van der Waals surface area contributed by atoms with Crippen molar-refractivity contribution in [2.75, 3.05) is 6.61 Å². The summed E-state index contributed by atoms with van der Waals surface area (Å²) in [5, 5.41) is 0. The first kappa shape index (κ1) is 20.3. The summed E-state index contributed by atoms with van der Waals surface area (Å²) in [6.45, 7) is 14.1. The van der Waals surface area contributed by atoms with Gasteiger partial charge in [-0.1, -0.05) is 90.1 Å². The van der Waals surface area contributed by atoms with E-state index in [1.807, 2.05) is 6.07 Å². The zero-order valence-corrected chi connectivity index (χ0v) is 17.3. The van der Waals surface area contributed by atoms with Crippen molar-refractivity contribution in [1.29, 1.82) is 0 Å². The Morgan fingerprint density at radius 1 is 0.962 bits per heavy atom. The fourth-order valence-electron chi connectivity index (χ4n) is 2.83. The molecule has 0 N–H and O–H groups in total. The molecule has 1 heteroatoms. The Hall–Kier alpha value is -2.02. The van der Waals surface area contributed by atoms with Gasteiger partial charge in [0.1, 0.15) is 5.75 Å². The SMILES string of the molecule is CC(C)COc1cccc(/C=C/C(C)Cc2ccc(C(C)(C)C)cc2)c1. The third kappa shape index (κ3) is 6.71. The molecule has 2 aromatic rings. The third-order valence-electron chi connectivity index (χ3n) is 4.44. The predicted molar refractivity (Wildman–Crippen MR) is 114 cm³/mol. The molecule has 0 saturated carbocycles. The summed E-state index contributed by atoms with van der Waals surface area (Å²) in [5.41, 5.74) is 4.19. The van der Waals surface area contributed by atoms with E-state index in [9.17, 15) is 0 Å². The number of rotatable bonds is 7. The topological polar surface area (TPSA) is 9.23 Å². The molecule has 0 bridgehead atoms. The highest BCUT2D eigenvalue weighted by Gasteiger charge is 2.13. The molecular weight excluding hydrogens is 316 g/mol. The fraction of sp³-hybridized carbons (Fsp3) is 0.440. The maximum atomic E-state index is 5.82. The van der Waals surface area contributed by atoms with Crippen molar-refractivity contribution < 1.29 is 4.74 Å². The van der Waals surface area contributed by atoms with Gasteiger partial charge in [-0.25, -0.2) is 0 Å². The van der Waals surface area contributed by atoms with Crippen molar-refractivity contribution in [3.63, 3.8) is 0 Å². The number of ether oxygens (including phenoxy) is 1. The van der Waals surface area contributed by atoms with Gasteiger partial charge < -0.3 is 4.74 Å². The van der Waals surface area contributed by atoms with Crippen molar-refractivity contribution >= 4 is 6.08 Å². The largest absolute Gasteiger partial charge is 0.493 e. The predicted octanol–water partition coefficient (Wildman–Crippen LogP) is 6.91. The number of hydrogen-bond acceptors (Lipinski definition) is 1. The summed E-state index contributed by atoms with van der Waals surface area (Å²) >= 11 is 0. The molecule has 1 nitrogen and oxygen atoms in total. The van der Waals surface area contributed by atoms with E-state index in [1.54, 1.807) is 0 Å². The fourth-order valence-corrected chi connectivity index (χ4v) is 2.83. The average molecular weight is 351 g/mol. The smallest absolute Gasteiger partial charge is 0.119 e. The first-order valence-electron chi connectivity index (χ1n) is 9.74. The molecule has 0 amide bonds. The lowest BCUT2D eigenvalue weighted by Crippen LogP contribution is -2.10. The zero-order chi connectivity index (χ0) is 19.2. The van der Waals surface area contributed by atoms with Crippen molar-refractivity contribution in [3.8, 4) is 5.75 Å². The summed E-state index contributed by atoms with van der Waals surface area (Å²) in [7, 11) is 0. The van der Waals surface area contributed by atoms with E-state index < -0.39 is 0 Å². The van der Waals surface area contributed by atoms with Gasteiger partial charge >= 0.3 is 0 Å². The van der Waals surface area contributed by atoms with Crippen LogP contribution in [-0.2, 0) is 11.8 Å². The summed E-state index contributed by atoms with van der Waals surface area (Å²) in [6, 6.07) is 17.4. The molecule has 26 heavy (non-hydrogen) atoms. The second kappa shape index (κ2) is 9.07. The highest BCUT2D eigenvalue weighted by molar-refractivity contribution is 5.52. The summed E-state index contributed by atoms with van der Waals surface area (Å²) in [4.78, 5) is 0. The molecule has 1 atom stereocenters. The molecule has 0 spiro atoms. The summed E-state index contributed by atoms with van der Waals surface area (Å²) in [5.74, 6) is 1.99. The van der Waals surface area contributed by atoms with E-state index in [1.165, 1.54) is 16.7 Å². The van der Waals surface area contributed by atoms with Gasteiger partial charge in [0.25, 0.3) is 0 Å². The van der Waals surface area contributed by atoms with Gasteiger partial charge in [-0.15, -0.1) is 0 Å². The van der Waals surface area contributed by atoms with Crippen LogP contribution in [0, 0.1) is 11.8 Å². The second-order valence-electron chi connectivity index (χ2n) is 8.76. The Bertz CT molecular complexity index is 702. The maximum absolute atomic E-state index is 5.82. The van der Waals surface area contributed by atoms with Crippen LogP contribution < -0.4 is 4.74 Å². The molecule has 0 saturated heterocycles. The first-order chi connectivity index (χ1) is 12.2. The van der Waals surface area contributed by atoms with E-state index in [-0.39, 0.29) is 5.41 Å². The molecule has 0 aliphatic heterocycles. The Kier molecular flexibility index (Phi) is 7.08. The van der Waals surface area contributed by atoms with Gasteiger partial charge in [0.05, 0.1) is 6.61 Å². The molecule has 1 unspecified atom stereocenters. The molecule has 0 aromatic heterocycles. The highest BCUT2D eigenvalue weighted by Crippen LogP contribution is 2.23. The van der Waals surface area contributed by atoms with Gasteiger partial charge in [0.2, 0.25) is 0 Å². The Morgan fingerprint density at radius 3 is 2.27 bits per heavy atom. The average Bonchev–Trinajstić information content (AvgIpc) is 2.58. The number of benzene rings is 2. The van der Waals surface area contributed by atoms with Gasteiger partial charge in [-0.2, -0.15) is 0 Å². The minimum atomic E-state index is 0.215. The lowest BCUT2D eigenvalue weighted by Gasteiger charge is -2.19. The van der Waals surface area contributed by atoms with Crippen LogP contribution in [0.5, 0.6) is 5.75 Å². The monoisotopic (exact) mass is 350 g/mol. The lowest BCUT2D eigenvalue weighted by molar-refractivity contribution is 0.271. The van der Waals surface area contributed by atoms with E-state index in [0.29, 0.717) is 11.8 Å². The molecule has 0 radical (unpaired) electrons. The van der Waals surface area contributed by atoms with Crippen LogP contribution in [0.25, 0.3) is 6.08 Å². The van der Waals surface area contributed by atoms with E-state index in [2.05, 4.69) is 96.2 Å². The first-order valence-corrected chi connectivity index (χ1v) is 9.74. The lowest BCUT2D eigenvalue weighted by atomic mass is 9.86. The zero-order valence-electron chi connectivity index (χ0n) is 17.3. The van der Waals surface area contributed by atoms with Crippen LogP contribution >= 0.6 is 0 Å². The van der Waals surface area contributed by atoms with Gasteiger partial charge in [-0.3, -0.25) is 0 Å². The summed E-state index contributed by atoms with van der Waals surface area (Å²) in [6.07, 6.45) is 5.56. The van der Waals surface area contributed by atoms with Crippen LogP contribution in [0.2, 0.25) is 0 Å². The quantitative estimate of drug-likeness (QED) is 0.527. The second-order valence-corrected chi connectivity index (χ2v) is 8.76. The molecule has 0 fully saturated rings. The molecule has 140 valence electrons. The Balaban J connectivity index is 1.94. The van der Waals surface area contributed by atoms with Crippen molar-refractivity contribution in [3.05, 3.63) is 71.3 Å². The Labute approximate surface area is 160 Å². The van der Waals surface area contributed by atoms with Crippen molar-refractivity contribution in [2.24, 2.45) is 11.8 Å². The maximum Gasteiger partial charge on any atom is 0.119 e. The van der Waals surface area contributed by atoms with Crippen LogP contribution in [0.15, 0.2) is 54.6 Å². The number of allylic oxidation sites excluding steroid dienone is 1. The normalized spacial score (nSPS) is 13.3. The molecule has 0 aliphatic carbocycles.